The van der Waals surface area contributed by atoms with E-state index in [2.05, 4.69) is 4.99 Å². The van der Waals surface area contributed by atoms with Crippen molar-refractivity contribution in [3.8, 4) is 0 Å². The Bertz CT molecular complexity index is 225. The number of nitrogens with zero attached hydrogens (tertiary/aromatic N) is 1. The smallest absolute Gasteiger partial charge is 0.328 e. The number of carboxylic acid groups (broad SMARTS) is 1. The van der Waals surface area contributed by atoms with Crippen molar-refractivity contribution in [3.05, 3.63) is 31.6 Å². The molecular formula is C11H14NO2S. The molecule has 0 heterocycles. The quantitative estimate of drug-likeness (QED) is 0.698. The third-order valence-corrected chi connectivity index (χ3v) is 2.62. The minimum atomic E-state index is -0.855. The first-order valence-electron chi connectivity index (χ1n) is 4.70. The first-order valence-corrected chi connectivity index (χ1v) is 6.10. The van der Waals surface area contributed by atoms with Crippen LogP contribution in [0.3, 0.4) is 0 Å². The largest absolute Gasteiger partial charge is 0.480 e. The molecule has 0 aromatic carbocycles. The molecule has 0 spiro atoms. The molecule has 1 fully saturated rings. The van der Waals surface area contributed by atoms with Crippen LogP contribution in [0, 0.1) is 31.6 Å². The standard InChI is InChI=1S/C11H14NO2S/c1-15-7-6-10(11(13)14)12-8-9-4-2-3-5-9/h2-5,8,10H,6-7H2,1H3,(H,13,14)/t10-/m0/s1. The molecule has 0 aliphatic heterocycles. The summed E-state index contributed by atoms with van der Waals surface area (Å²) in [5, 5.41) is 8.91. The molecule has 1 aliphatic carbocycles. The van der Waals surface area contributed by atoms with Crippen molar-refractivity contribution < 1.29 is 9.90 Å². The topological polar surface area (TPSA) is 49.7 Å². The van der Waals surface area contributed by atoms with Crippen LogP contribution in [-0.4, -0.2) is 35.3 Å². The minimum Gasteiger partial charge on any atom is -0.480 e. The Hall–Kier alpha value is -0.510. The lowest BCUT2D eigenvalue weighted by Gasteiger charge is -2.06. The van der Waals surface area contributed by atoms with Gasteiger partial charge in [0, 0.05) is 12.1 Å². The predicted molar refractivity (Wildman–Crippen MR) is 63.4 cm³/mol. The van der Waals surface area contributed by atoms with Gasteiger partial charge in [0.15, 0.2) is 0 Å². The van der Waals surface area contributed by atoms with Gasteiger partial charge in [-0.2, -0.15) is 11.8 Å². The van der Waals surface area contributed by atoms with Crippen molar-refractivity contribution in [2.75, 3.05) is 12.0 Å². The summed E-state index contributed by atoms with van der Waals surface area (Å²) in [6.45, 7) is 0. The number of aliphatic imine (C=N–C) groups is 1. The molecule has 0 unspecified atom stereocenters. The zero-order chi connectivity index (χ0) is 11.1. The highest BCUT2D eigenvalue weighted by atomic mass is 32.2. The van der Waals surface area contributed by atoms with Crippen LogP contribution in [-0.2, 0) is 4.79 Å². The molecule has 3 nitrogen and oxygen atoms in total. The van der Waals surface area contributed by atoms with Gasteiger partial charge in [-0.25, -0.2) is 4.79 Å². The zero-order valence-electron chi connectivity index (χ0n) is 8.59. The summed E-state index contributed by atoms with van der Waals surface area (Å²) >= 11 is 1.63. The molecule has 5 radical (unpaired) electrons. The van der Waals surface area contributed by atoms with Gasteiger partial charge in [-0.3, -0.25) is 4.99 Å². The van der Waals surface area contributed by atoms with Crippen molar-refractivity contribution in [2.24, 2.45) is 4.99 Å². The van der Waals surface area contributed by atoms with Gasteiger partial charge < -0.3 is 5.11 Å². The third-order valence-electron chi connectivity index (χ3n) is 1.97. The van der Waals surface area contributed by atoms with E-state index < -0.39 is 12.0 Å². The Morgan fingerprint density at radius 2 is 2.27 bits per heavy atom. The monoisotopic (exact) mass is 224 g/mol. The number of hydrogen-bond acceptors (Lipinski definition) is 3. The van der Waals surface area contributed by atoms with Crippen LogP contribution in [0.15, 0.2) is 4.99 Å². The third kappa shape index (κ3) is 4.69. The second kappa shape index (κ2) is 6.88. The van der Waals surface area contributed by atoms with Crippen LogP contribution in [0.5, 0.6) is 0 Å². The molecule has 4 heteroatoms. The summed E-state index contributed by atoms with van der Waals surface area (Å²) in [5.41, 5.74) is 0. The van der Waals surface area contributed by atoms with Gasteiger partial charge in [0.05, 0.1) is 0 Å². The maximum atomic E-state index is 10.8. The van der Waals surface area contributed by atoms with Gasteiger partial charge >= 0.3 is 5.97 Å². The Kier molecular flexibility index (Phi) is 5.76. The normalized spacial score (nSPS) is 19.8. The molecule has 0 aromatic rings. The summed E-state index contributed by atoms with van der Waals surface area (Å²) in [4.78, 5) is 14.9. The Morgan fingerprint density at radius 3 is 2.80 bits per heavy atom. The Balaban J connectivity index is 2.38. The van der Waals surface area contributed by atoms with E-state index in [1.54, 1.807) is 18.0 Å². The van der Waals surface area contributed by atoms with Crippen LogP contribution in [0.25, 0.3) is 0 Å². The summed E-state index contributed by atoms with van der Waals surface area (Å²) in [7, 11) is 0. The minimum absolute atomic E-state index is 0.577. The van der Waals surface area contributed by atoms with Crippen molar-refractivity contribution in [3.63, 3.8) is 0 Å². The summed E-state index contributed by atoms with van der Waals surface area (Å²) in [6.07, 6.45) is 11.8. The highest BCUT2D eigenvalue weighted by Gasteiger charge is 2.18. The van der Waals surface area contributed by atoms with E-state index in [4.69, 9.17) is 5.11 Å². The molecule has 15 heavy (non-hydrogen) atoms. The van der Waals surface area contributed by atoms with Gasteiger partial charge in [-0.15, -0.1) is 0 Å². The second-order valence-corrected chi connectivity index (χ2v) is 4.12. The van der Waals surface area contributed by atoms with Gasteiger partial charge in [0.1, 0.15) is 6.04 Å². The van der Waals surface area contributed by atoms with E-state index in [-0.39, 0.29) is 0 Å². The van der Waals surface area contributed by atoms with E-state index >= 15 is 0 Å². The first-order chi connectivity index (χ1) is 7.24. The number of aliphatic carboxylic acids is 1. The van der Waals surface area contributed by atoms with Crippen LogP contribution in [0.4, 0.5) is 0 Å². The van der Waals surface area contributed by atoms with E-state index in [1.165, 1.54) is 0 Å². The number of carboxylic acids is 1. The molecule has 1 rings (SSSR count). The SMILES string of the molecule is CSCC[C@H](N=C[C]1[CH][CH][CH][CH]1)C(=O)O. The van der Waals surface area contributed by atoms with Crippen LogP contribution < -0.4 is 0 Å². The fourth-order valence-corrected chi connectivity index (χ4v) is 1.60. The lowest BCUT2D eigenvalue weighted by atomic mass is 10.1. The highest BCUT2D eigenvalue weighted by Crippen LogP contribution is 2.21. The summed E-state index contributed by atoms with van der Waals surface area (Å²) in [6, 6.07) is -0.618. The maximum absolute atomic E-state index is 10.8. The molecular weight excluding hydrogens is 210 g/mol. The summed E-state index contributed by atoms with van der Waals surface area (Å²) < 4.78 is 0. The van der Waals surface area contributed by atoms with Crippen molar-refractivity contribution in [1.82, 2.24) is 0 Å². The van der Waals surface area contributed by atoms with Crippen molar-refractivity contribution >= 4 is 23.9 Å². The highest BCUT2D eigenvalue weighted by molar-refractivity contribution is 7.98. The number of carbonyl (C=O) groups is 1. The van der Waals surface area contributed by atoms with Gasteiger partial charge in [0.2, 0.25) is 0 Å². The van der Waals surface area contributed by atoms with E-state index in [9.17, 15) is 4.79 Å². The van der Waals surface area contributed by atoms with Crippen LogP contribution in [0.2, 0.25) is 0 Å². The molecule has 0 saturated heterocycles. The average Bonchev–Trinajstić information content (AvgIpc) is 2.70. The van der Waals surface area contributed by atoms with E-state index in [1.807, 2.05) is 31.9 Å². The molecule has 0 aromatic heterocycles. The lowest BCUT2D eigenvalue weighted by Crippen LogP contribution is -2.19. The van der Waals surface area contributed by atoms with Gasteiger partial charge in [-0.1, -0.05) is 0 Å². The van der Waals surface area contributed by atoms with E-state index in [0.29, 0.717) is 6.42 Å². The van der Waals surface area contributed by atoms with E-state index in [0.717, 1.165) is 11.7 Å². The number of rotatable bonds is 6. The second-order valence-electron chi connectivity index (χ2n) is 3.13. The molecule has 1 saturated carbocycles. The molecule has 0 bridgehead atoms. The zero-order valence-corrected chi connectivity index (χ0v) is 9.41. The van der Waals surface area contributed by atoms with Gasteiger partial charge in [0.25, 0.3) is 0 Å². The fraction of sp³-hybridized carbons (Fsp3) is 0.364. The van der Waals surface area contributed by atoms with Crippen LogP contribution >= 0.6 is 11.8 Å². The van der Waals surface area contributed by atoms with Crippen molar-refractivity contribution in [1.29, 1.82) is 0 Å². The van der Waals surface area contributed by atoms with Crippen LogP contribution in [0.1, 0.15) is 6.42 Å². The maximum Gasteiger partial charge on any atom is 0.328 e. The Labute approximate surface area is 95.4 Å². The predicted octanol–water partition coefficient (Wildman–Crippen LogP) is 1.67. The molecule has 1 N–H and O–H groups in total. The number of hydrogen-bond donors (Lipinski definition) is 1. The average molecular weight is 224 g/mol. The molecule has 1 aliphatic rings. The number of thioether (sulfide) groups is 1. The first kappa shape index (κ1) is 12.6. The van der Waals surface area contributed by atoms with Crippen molar-refractivity contribution in [2.45, 2.75) is 12.5 Å². The van der Waals surface area contributed by atoms with Gasteiger partial charge in [-0.05, 0) is 44.1 Å². The fourth-order valence-electron chi connectivity index (χ4n) is 1.14. The molecule has 81 valence electrons. The summed E-state index contributed by atoms with van der Waals surface area (Å²) in [5.74, 6) is 0.909. The lowest BCUT2D eigenvalue weighted by molar-refractivity contribution is -0.138. The molecule has 1 atom stereocenters. The Morgan fingerprint density at radius 1 is 1.60 bits per heavy atom. The molecule has 0 amide bonds.